The molecule has 4 nitrogen and oxygen atoms in total. The first-order valence-electron chi connectivity index (χ1n) is 4.36. The van der Waals surface area contributed by atoms with Crippen LogP contribution < -0.4 is 5.32 Å². The van der Waals surface area contributed by atoms with E-state index in [4.69, 9.17) is 15.7 Å². The fourth-order valence-electron chi connectivity index (χ4n) is 0.533. The fraction of sp³-hybridized carbons (Fsp3) is 0.800. The normalized spacial score (nSPS) is 63.2. The van der Waals surface area contributed by atoms with E-state index in [0.717, 1.165) is 0 Å². The molecule has 1 heterocycles. The van der Waals surface area contributed by atoms with Gasteiger partial charge < -0.3 is 15.5 Å². The van der Waals surface area contributed by atoms with Crippen LogP contribution in [0.2, 0.25) is 0 Å². The second kappa shape index (κ2) is 2.33. The lowest BCUT2D eigenvalue weighted by Crippen LogP contribution is -2.29. The van der Waals surface area contributed by atoms with Gasteiger partial charge in [0.2, 0.25) is 0 Å². The summed E-state index contributed by atoms with van der Waals surface area (Å²) in [5, 5.41) is 19.4. The number of carboxylic acid groups (broad SMARTS) is 1. The summed E-state index contributed by atoms with van der Waals surface area (Å²) in [6, 6.07) is -2.33. The number of carbonyl (C=O) groups is 1. The number of nitrogens with one attached hydrogen (secondary N) is 1. The molecule has 1 fully saturated rings. The minimum Gasteiger partial charge on any atom is -0.480 e. The second-order valence-corrected chi connectivity index (χ2v) is 1.66. The molecule has 0 aromatic heterocycles. The van der Waals surface area contributed by atoms with E-state index in [9.17, 15) is 4.79 Å². The summed E-state index contributed by atoms with van der Waals surface area (Å²) in [5.74, 6) is -1.61. The molecular formula is C5H9NO3. The summed E-state index contributed by atoms with van der Waals surface area (Å²) in [4.78, 5) is 10.5. The van der Waals surface area contributed by atoms with Gasteiger partial charge in [-0.15, -0.1) is 0 Å². The quantitative estimate of drug-likeness (QED) is 0.422. The van der Waals surface area contributed by atoms with Gasteiger partial charge in [0, 0.05) is 15.7 Å². The highest BCUT2D eigenvalue weighted by atomic mass is 16.4. The van der Waals surface area contributed by atoms with E-state index in [0.29, 0.717) is 0 Å². The van der Waals surface area contributed by atoms with E-state index in [2.05, 4.69) is 0 Å². The van der Waals surface area contributed by atoms with Crippen molar-refractivity contribution in [3.8, 4) is 0 Å². The van der Waals surface area contributed by atoms with Crippen molar-refractivity contribution in [1.82, 2.24) is 5.32 Å². The Hall–Kier alpha value is -0.610. The highest BCUT2D eigenvalue weighted by molar-refractivity contribution is 5.73. The Labute approximate surface area is 58.1 Å². The number of carboxylic acids is 1. The van der Waals surface area contributed by atoms with Crippen molar-refractivity contribution in [3.63, 3.8) is 0 Å². The summed E-state index contributed by atoms with van der Waals surface area (Å²) in [6.07, 6.45) is -3.41. The van der Waals surface area contributed by atoms with E-state index >= 15 is 0 Å². The molecule has 3 N–H and O–H groups in total. The van der Waals surface area contributed by atoms with Crippen molar-refractivity contribution in [3.05, 3.63) is 0 Å². The molecule has 0 unspecified atom stereocenters. The SMILES string of the molecule is [2H]C1([2H])N[C@]([2H])(C(=O)O)C[C@@]1([2H])O. The molecule has 1 aliphatic heterocycles. The second-order valence-electron chi connectivity index (χ2n) is 1.66. The summed E-state index contributed by atoms with van der Waals surface area (Å²) in [5.41, 5.74) is 0. The van der Waals surface area contributed by atoms with E-state index < -0.39 is 31.0 Å². The summed E-state index contributed by atoms with van der Waals surface area (Å²) in [7, 11) is 0. The van der Waals surface area contributed by atoms with Crippen molar-refractivity contribution in [1.29, 1.82) is 0 Å². The van der Waals surface area contributed by atoms with Crippen molar-refractivity contribution in [2.45, 2.75) is 18.5 Å². The van der Waals surface area contributed by atoms with Gasteiger partial charge in [-0.1, -0.05) is 0 Å². The Bertz CT molecular complexity index is 238. The van der Waals surface area contributed by atoms with Crippen LogP contribution in [-0.2, 0) is 4.79 Å². The molecule has 1 aliphatic rings. The molecule has 0 amide bonds. The van der Waals surface area contributed by atoms with Crippen LogP contribution in [0.1, 0.15) is 11.9 Å². The zero-order valence-corrected chi connectivity index (χ0v) is 4.51. The molecule has 0 spiro atoms. The Morgan fingerprint density at radius 1 is 2.00 bits per heavy atom. The van der Waals surface area contributed by atoms with Gasteiger partial charge in [-0.25, -0.2) is 0 Å². The number of aliphatic hydroxyl groups is 1. The molecule has 0 radical (unpaired) electrons. The van der Waals surface area contributed by atoms with Gasteiger partial charge >= 0.3 is 5.97 Å². The maximum absolute atomic E-state index is 10.5. The number of β-amino-alcohol motifs (C(OH)–C–C–N with tert-alkyl or cyclic N) is 1. The van der Waals surface area contributed by atoms with Crippen molar-refractivity contribution in [2.24, 2.45) is 0 Å². The molecule has 0 bridgehead atoms. The third-order valence-electron chi connectivity index (χ3n) is 0.960. The molecule has 2 atom stereocenters. The molecule has 1 saturated heterocycles. The van der Waals surface area contributed by atoms with Crippen LogP contribution in [0.15, 0.2) is 0 Å². The summed E-state index contributed by atoms with van der Waals surface area (Å²) >= 11 is 0. The van der Waals surface area contributed by atoms with Gasteiger partial charge in [0.05, 0.1) is 8.82 Å². The predicted molar refractivity (Wildman–Crippen MR) is 30.1 cm³/mol. The first kappa shape index (κ1) is 2.98. The average molecular weight is 135 g/mol. The number of aliphatic carboxylic acids is 1. The first-order chi connectivity index (χ1) is 5.61. The number of hydrogen-bond acceptors (Lipinski definition) is 3. The molecule has 52 valence electrons. The van der Waals surface area contributed by atoms with Crippen molar-refractivity contribution >= 4 is 5.97 Å². The average Bonchev–Trinajstić information content (AvgIpc) is 1.97. The van der Waals surface area contributed by atoms with E-state index in [1.807, 2.05) is 0 Å². The smallest absolute Gasteiger partial charge is 0.320 e. The highest BCUT2D eigenvalue weighted by Crippen LogP contribution is 2.05. The van der Waals surface area contributed by atoms with Gasteiger partial charge in [0.15, 0.2) is 0 Å². The largest absolute Gasteiger partial charge is 0.480 e. The van der Waals surface area contributed by atoms with Crippen molar-refractivity contribution in [2.75, 3.05) is 6.50 Å². The van der Waals surface area contributed by atoms with E-state index in [1.165, 1.54) is 0 Å². The molecule has 0 saturated carbocycles. The van der Waals surface area contributed by atoms with Crippen LogP contribution in [0.5, 0.6) is 0 Å². The van der Waals surface area contributed by atoms with Crippen LogP contribution >= 0.6 is 0 Å². The van der Waals surface area contributed by atoms with Crippen molar-refractivity contribution < 1.29 is 20.5 Å². The van der Waals surface area contributed by atoms with Gasteiger partial charge in [-0.3, -0.25) is 4.79 Å². The van der Waals surface area contributed by atoms with Gasteiger partial charge in [-0.2, -0.15) is 0 Å². The molecule has 0 aromatic rings. The first-order valence-corrected chi connectivity index (χ1v) is 2.36. The zero-order valence-electron chi connectivity index (χ0n) is 8.51. The lowest BCUT2D eigenvalue weighted by atomic mass is 10.2. The topological polar surface area (TPSA) is 69.6 Å². The van der Waals surface area contributed by atoms with Gasteiger partial charge in [0.25, 0.3) is 0 Å². The molecule has 4 heteroatoms. The van der Waals surface area contributed by atoms with Crippen LogP contribution in [0.25, 0.3) is 0 Å². The maximum Gasteiger partial charge on any atom is 0.320 e. The third-order valence-corrected chi connectivity index (χ3v) is 0.960. The molecule has 1 rings (SSSR count). The summed E-state index contributed by atoms with van der Waals surface area (Å²) in [6.45, 7) is -2.59. The maximum atomic E-state index is 10.5. The molecule has 0 aromatic carbocycles. The number of rotatable bonds is 1. The Morgan fingerprint density at radius 2 is 2.67 bits per heavy atom. The van der Waals surface area contributed by atoms with Crippen LogP contribution in [-0.4, -0.2) is 34.8 Å². The monoisotopic (exact) mass is 135 g/mol. The minimum atomic E-state index is -2.59. The minimum absolute atomic E-state index is 0.817. The molecule has 0 aliphatic carbocycles. The Balaban J connectivity index is 3.00. The lowest BCUT2D eigenvalue weighted by Gasteiger charge is -1.99. The van der Waals surface area contributed by atoms with E-state index in [-0.39, 0.29) is 0 Å². The standard InChI is InChI=1S/C5H9NO3/c7-3-1-4(5(8)9)6-2-3/h3-4,6-7H,1-2H2,(H,8,9)/t3-,4+/m1/s1/i2D2,3D,4D. The summed E-state index contributed by atoms with van der Waals surface area (Å²) < 4.78 is 28.4. The van der Waals surface area contributed by atoms with Crippen LogP contribution in [0.3, 0.4) is 0 Å². The van der Waals surface area contributed by atoms with Gasteiger partial charge in [-0.05, 0) is 0 Å². The predicted octanol–water partition coefficient (Wildman–Crippen LogP) is -1.21. The molecule has 9 heavy (non-hydrogen) atoms. The Kier molecular flexibility index (Phi) is 0.771. The molecular weight excluding hydrogens is 122 g/mol. The third kappa shape index (κ3) is 1.40. The highest BCUT2D eigenvalue weighted by Gasteiger charge is 2.27. The van der Waals surface area contributed by atoms with Gasteiger partial charge in [0.1, 0.15) is 6.02 Å². The zero-order chi connectivity index (χ0) is 10.5. The van der Waals surface area contributed by atoms with Crippen LogP contribution in [0, 0.1) is 0 Å². The van der Waals surface area contributed by atoms with Crippen LogP contribution in [0.4, 0.5) is 0 Å². The number of hydrogen-bond donors (Lipinski definition) is 3. The lowest BCUT2D eigenvalue weighted by molar-refractivity contribution is -0.139. The Morgan fingerprint density at radius 3 is 2.89 bits per heavy atom. The fourth-order valence-corrected chi connectivity index (χ4v) is 0.533. The van der Waals surface area contributed by atoms with E-state index in [1.54, 1.807) is 5.32 Å².